The Hall–Kier alpha value is -2.13. The number of halogens is 1. The molecule has 3 aromatic rings. The zero-order chi connectivity index (χ0) is 16.1. The number of H-pyrrole nitrogens is 1. The van der Waals surface area contributed by atoms with Gasteiger partial charge in [0, 0.05) is 27.8 Å². The number of rotatable bonds is 1. The van der Waals surface area contributed by atoms with Crippen LogP contribution >= 0.6 is 12.4 Å². The van der Waals surface area contributed by atoms with Crippen LogP contribution in [0.1, 0.15) is 31.9 Å². The molecule has 4 N–H and O–H groups in total. The van der Waals surface area contributed by atoms with Crippen LogP contribution in [0.15, 0.2) is 36.4 Å². The summed E-state index contributed by atoms with van der Waals surface area (Å²) < 4.78 is 0. The second kappa shape index (κ2) is 5.82. The number of fused-ring (bicyclic) bond motifs is 1. The number of hydrogen-bond donors (Lipinski definition) is 3. The van der Waals surface area contributed by atoms with Crippen molar-refractivity contribution in [2.75, 3.05) is 5.73 Å². The molecule has 0 aliphatic carbocycles. The van der Waals surface area contributed by atoms with E-state index in [0.29, 0.717) is 5.75 Å². The van der Waals surface area contributed by atoms with E-state index in [0.717, 1.165) is 39.0 Å². The predicted molar refractivity (Wildman–Crippen MR) is 100 cm³/mol. The van der Waals surface area contributed by atoms with Crippen LogP contribution in [0.5, 0.6) is 5.75 Å². The summed E-state index contributed by atoms with van der Waals surface area (Å²) >= 11 is 0. The summed E-state index contributed by atoms with van der Waals surface area (Å²) in [6.07, 6.45) is 0. The van der Waals surface area contributed by atoms with E-state index in [1.165, 1.54) is 0 Å². The molecule has 0 radical (unpaired) electrons. The van der Waals surface area contributed by atoms with E-state index in [-0.39, 0.29) is 17.8 Å². The Labute approximate surface area is 142 Å². The monoisotopic (exact) mass is 330 g/mol. The first-order valence-corrected chi connectivity index (χ1v) is 7.48. The van der Waals surface area contributed by atoms with Gasteiger partial charge in [0.2, 0.25) is 0 Å². The molecule has 4 heteroatoms. The van der Waals surface area contributed by atoms with Gasteiger partial charge in [-0.1, -0.05) is 20.8 Å². The van der Waals surface area contributed by atoms with E-state index in [9.17, 15) is 5.11 Å². The molecule has 0 spiro atoms. The fourth-order valence-electron chi connectivity index (χ4n) is 2.81. The van der Waals surface area contributed by atoms with Crippen LogP contribution < -0.4 is 5.73 Å². The number of anilines is 1. The molecule has 0 aliphatic rings. The van der Waals surface area contributed by atoms with Gasteiger partial charge in [0.15, 0.2) is 0 Å². The van der Waals surface area contributed by atoms with Crippen LogP contribution in [-0.2, 0) is 5.41 Å². The van der Waals surface area contributed by atoms with Crippen molar-refractivity contribution in [3.8, 4) is 17.0 Å². The molecule has 1 heterocycles. The van der Waals surface area contributed by atoms with E-state index < -0.39 is 0 Å². The zero-order valence-electron chi connectivity index (χ0n) is 13.9. The van der Waals surface area contributed by atoms with Gasteiger partial charge in [0.25, 0.3) is 0 Å². The first-order valence-electron chi connectivity index (χ1n) is 7.48. The molecule has 0 saturated heterocycles. The van der Waals surface area contributed by atoms with Crippen molar-refractivity contribution in [2.45, 2.75) is 33.1 Å². The number of nitrogen functional groups attached to an aromatic ring is 1. The van der Waals surface area contributed by atoms with Crippen LogP contribution in [0.2, 0.25) is 0 Å². The number of aromatic amines is 1. The SMILES string of the molecule is Cc1cc(-c2cc3cc(N)ccc3[nH]2)cc(C(C)(C)C)c1O.Cl. The number of aromatic nitrogens is 1. The third-order valence-corrected chi connectivity index (χ3v) is 4.06. The predicted octanol–water partition coefficient (Wildman–Crippen LogP) is 5.15. The number of nitrogens with one attached hydrogen (secondary N) is 1. The lowest BCUT2D eigenvalue weighted by molar-refractivity contribution is 0.443. The van der Waals surface area contributed by atoms with Gasteiger partial charge in [-0.2, -0.15) is 0 Å². The molecule has 0 unspecified atom stereocenters. The minimum atomic E-state index is -0.110. The summed E-state index contributed by atoms with van der Waals surface area (Å²) in [5.74, 6) is 0.386. The topological polar surface area (TPSA) is 62.0 Å². The quantitative estimate of drug-likeness (QED) is 0.540. The lowest BCUT2D eigenvalue weighted by atomic mass is 9.84. The Kier molecular flexibility index (Phi) is 4.36. The number of benzene rings is 2. The number of aryl methyl sites for hydroxylation is 1. The van der Waals surface area contributed by atoms with Gasteiger partial charge in [-0.25, -0.2) is 0 Å². The summed E-state index contributed by atoms with van der Waals surface area (Å²) in [6.45, 7) is 8.26. The molecule has 0 fully saturated rings. The molecule has 1 aromatic heterocycles. The first kappa shape index (κ1) is 17.2. The highest BCUT2D eigenvalue weighted by Gasteiger charge is 2.21. The highest BCUT2D eigenvalue weighted by atomic mass is 35.5. The first-order chi connectivity index (χ1) is 10.3. The largest absolute Gasteiger partial charge is 0.507 e. The number of phenols is 1. The smallest absolute Gasteiger partial charge is 0.122 e. The van der Waals surface area contributed by atoms with E-state index in [1.54, 1.807) is 0 Å². The summed E-state index contributed by atoms with van der Waals surface area (Å²) in [6, 6.07) is 12.0. The molecule has 0 amide bonds. The number of phenolic OH excluding ortho intramolecular Hbond substituents is 1. The van der Waals surface area contributed by atoms with Crippen LogP contribution in [0.4, 0.5) is 5.69 Å². The molecular weight excluding hydrogens is 308 g/mol. The maximum absolute atomic E-state index is 10.4. The Morgan fingerprint density at radius 2 is 1.74 bits per heavy atom. The maximum atomic E-state index is 10.4. The molecule has 0 bridgehead atoms. The average Bonchev–Trinajstić information content (AvgIpc) is 2.83. The second-order valence-electron chi connectivity index (χ2n) is 6.97. The Morgan fingerprint density at radius 3 is 2.39 bits per heavy atom. The van der Waals surface area contributed by atoms with Gasteiger partial charge in [-0.3, -0.25) is 0 Å². The maximum Gasteiger partial charge on any atom is 0.122 e. The Balaban J connectivity index is 0.00000192. The molecule has 3 nitrogen and oxygen atoms in total. The van der Waals surface area contributed by atoms with Crippen LogP contribution in [0.3, 0.4) is 0 Å². The second-order valence-corrected chi connectivity index (χ2v) is 6.97. The van der Waals surface area contributed by atoms with Crippen molar-refractivity contribution in [3.05, 3.63) is 47.5 Å². The highest BCUT2D eigenvalue weighted by molar-refractivity contribution is 5.88. The standard InChI is InChI=1S/C19H22N2O.ClH/c1-11-7-12(9-15(18(11)22)19(2,3)4)17-10-13-8-14(20)5-6-16(13)21-17;/h5-10,21-22H,20H2,1-4H3;1H. The molecule has 23 heavy (non-hydrogen) atoms. The molecule has 0 aliphatic heterocycles. The van der Waals surface area contributed by atoms with Crippen LogP contribution in [0, 0.1) is 6.92 Å². The summed E-state index contributed by atoms with van der Waals surface area (Å²) in [4.78, 5) is 3.43. The number of hydrogen-bond acceptors (Lipinski definition) is 2. The summed E-state index contributed by atoms with van der Waals surface area (Å²) in [5.41, 5.74) is 11.5. The van der Waals surface area contributed by atoms with E-state index in [1.807, 2.05) is 31.2 Å². The molecule has 2 aromatic carbocycles. The van der Waals surface area contributed by atoms with Crippen molar-refractivity contribution in [3.63, 3.8) is 0 Å². The van der Waals surface area contributed by atoms with Crippen molar-refractivity contribution in [1.29, 1.82) is 0 Å². The average molecular weight is 331 g/mol. The van der Waals surface area contributed by atoms with Crippen molar-refractivity contribution in [1.82, 2.24) is 4.98 Å². The third kappa shape index (κ3) is 3.15. The fraction of sp³-hybridized carbons (Fsp3) is 0.263. The molecule has 122 valence electrons. The minimum absolute atomic E-state index is 0. The van der Waals surface area contributed by atoms with E-state index in [2.05, 4.69) is 37.9 Å². The third-order valence-electron chi connectivity index (χ3n) is 4.06. The minimum Gasteiger partial charge on any atom is -0.507 e. The van der Waals surface area contributed by atoms with Gasteiger partial charge < -0.3 is 15.8 Å². The highest BCUT2D eigenvalue weighted by Crippen LogP contribution is 2.37. The van der Waals surface area contributed by atoms with Crippen molar-refractivity contribution < 1.29 is 5.11 Å². The number of aromatic hydroxyl groups is 1. The van der Waals surface area contributed by atoms with Gasteiger partial charge in [-0.15, -0.1) is 12.4 Å². The molecular formula is C19H23ClN2O. The summed E-state index contributed by atoms with van der Waals surface area (Å²) in [7, 11) is 0. The normalized spacial score (nSPS) is 11.5. The van der Waals surface area contributed by atoms with Crippen LogP contribution in [-0.4, -0.2) is 10.1 Å². The lowest BCUT2D eigenvalue weighted by Gasteiger charge is -2.22. The van der Waals surface area contributed by atoms with Crippen molar-refractivity contribution in [2.24, 2.45) is 0 Å². The van der Waals surface area contributed by atoms with E-state index >= 15 is 0 Å². The van der Waals surface area contributed by atoms with Crippen LogP contribution in [0.25, 0.3) is 22.2 Å². The van der Waals surface area contributed by atoms with Gasteiger partial charge in [0.05, 0.1) is 0 Å². The summed E-state index contributed by atoms with van der Waals surface area (Å²) in [5, 5.41) is 11.4. The zero-order valence-corrected chi connectivity index (χ0v) is 14.7. The van der Waals surface area contributed by atoms with Crippen molar-refractivity contribution >= 4 is 29.0 Å². The van der Waals surface area contributed by atoms with E-state index in [4.69, 9.17) is 5.73 Å². The van der Waals surface area contributed by atoms with Gasteiger partial charge >= 0.3 is 0 Å². The van der Waals surface area contributed by atoms with Gasteiger partial charge in [-0.05, 0) is 59.9 Å². The molecule has 0 atom stereocenters. The Morgan fingerprint density at radius 1 is 1.04 bits per heavy atom. The lowest BCUT2D eigenvalue weighted by Crippen LogP contribution is -2.12. The molecule has 0 saturated carbocycles. The molecule has 3 rings (SSSR count). The number of nitrogens with two attached hydrogens (primary N) is 1. The fourth-order valence-corrected chi connectivity index (χ4v) is 2.81. The Bertz CT molecular complexity index is 860. The van der Waals surface area contributed by atoms with Gasteiger partial charge in [0.1, 0.15) is 5.75 Å².